The molecule has 0 bridgehead atoms. The number of pyridine rings is 1. The van der Waals surface area contributed by atoms with Gasteiger partial charge >= 0.3 is 0 Å². The van der Waals surface area contributed by atoms with E-state index in [-0.39, 0.29) is 11.6 Å². The second-order valence-electron chi connectivity index (χ2n) is 9.74. The summed E-state index contributed by atoms with van der Waals surface area (Å²) in [6.07, 6.45) is 0. The zero-order valence-corrected chi connectivity index (χ0v) is 19.5. The van der Waals surface area contributed by atoms with Crippen molar-refractivity contribution in [1.82, 2.24) is 9.88 Å². The van der Waals surface area contributed by atoms with Gasteiger partial charge in [0.2, 0.25) is 5.88 Å². The molecule has 0 aliphatic carbocycles. The van der Waals surface area contributed by atoms with E-state index in [1.54, 1.807) is 0 Å². The quantitative estimate of drug-likeness (QED) is 0.740. The van der Waals surface area contributed by atoms with Gasteiger partial charge in [-0.1, -0.05) is 30.3 Å². The monoisotopic (exact) mass is 424 g/mol. The minimum atomic E-state index is -0.305. The number of morpholine rings is 1. The molecule has 2 saturated heterocycles. The fourth-order valence-electron chi connectivity index (χ4n) is 4.42. The minimum Gasteiger partial charge on any atom is -0.472 e. The van der Waals surface area contributed by atoms with E-state index in [0.29, 0.717) is 11.9 Å². The number of ether oxygens (including phenoxy) is 2. The van der Waals surface area contributed by atoms with Gasteiger partial charge < -0.3 is 24.2 Å². The van der Waals surface area contributed by atoms with Crippen molar-refractivity contribution < 1.29 is 9.47 Å². The van der Waals surface area contributed by atoms with E-state index >= 15 is 0 Å². The van der Waals surface area contributed by atoms with Crippen molar-refractivity contribution in [3.63, 3.8) is 0 Å². The molecule has 0 saturated carbocycles. The molecule has 1 aromatic carbocycles. The Morgan fingerprint density at radius 2 is 1.81 bits per heavy atom. The molecule has 0 spiro atoms. The van der Waals surface area contributed by atoms with Crippen LogP contribution in [0.3, 0.4) is 0 Å². The van der Waals surface area contributed by atoms with Crippen LogP contribution in [-0.4, -0.2) is 68.0 Å². The van der Waals surface area contributed by atoms with Gasteiger partial charge in [-0.05, 0) is 40.3 Å². The van der Waals surface area contributed by atoms with Crippen LogP contribution in [0.25, 0.3) is 0 Å². The molecule has 2 atom stereocenters. The molecule has 31 heavy (non-hydrogen) atoms. The van der Waals surface area contributed by atoms with Crippen LogP contribution in [-0.2, 0) is 4.74 Å². The number of hydrogen-bond donors (Lipinski definition) is 0. The van der Waals surface area contributed by atoms with Crippen molar-refractivity contribution in [2.24, 2.45) is 0 Å². The molecule has 6 nitrogen and oxygen atoms in total. The highest BCUT2D eigenvalue weighted by molar-refractivity contribution is 5.60. The van der Waals surface area contributed by atoms with E-state index in [4.69, 9.17) is 14.5 Å². The Morgan fingerprint density at radius 3 is 2.52 bits per heavy atom. The summed E-state index contributed by atoms with van der Waals surface area (Å²) in [5.74, 6) is 1.67. The summed E-state index contributed by atoms with van der Waals surface area (Å²) in [5, 5.41) is 0. The fourth-order valence-corrected chi connectivity index (χ4v) is 4.42. The van der Waals surface area contributed by atoms with E-state index in [1.807, 2.05) is 0 Å². The third-order valence-electron chi connectivity index (χ3n) is 5.95. The number of likely N-dealkylation sites (N-methyl/N-ethyl adjacent to an activating group) is 1. The lowest BCUT2D eigenvalue weighted by atomic mass is 10.0. The number of rotatable bonds is 4. The summed E-state index contributed by atoms with van der Waals surface area (Å²) in [7, 11) is 2.20. The highest BCUT2D eigenvalue weighted by Crippen LogP contribution is 2.35. The third kappa shape index (κ3) is 5.31. The molecular weight excluding hydrogens is 388 g/mol. The highest BCUT2D eigenvalue weighted by Gasteiger charge is 2.30. The van der Waals surface area contributed by atoms with Gasteiger partial charge in [0, 0.05) is 50.0 Å². The van der Waals surface area contributed by atoms with Gasteiger partial charge in [-0.15, -0.1) is 0 Å². The van der Waals surface area contributed by atoms with Crippen LogP contribution < -0.4 is 14.5 Å². The van der Waals surface area contributed by atoms with Gasteiger partial charge in [0.25, 0.3) is 0 Å². The normalized spacial score (nSPS) is 23.1. The fraction of sp³-hybridized carbons (Fsp3) is 0.560. The number of hydrogen-bond acceptors (Lipinski definition) is 6. The number of nitrogens with zero attached hydrogens (tertiary/aromatic N) is 4. The molecule has 2 aromatic rings. The summed E-state index contributed by atoms with van der Waals surface area (Å²) >= 11 is 0. The van der Waals surface area contributed by atoms with Crippen LogP contribution >= 0.6 is 0 Å². The zero-order chi connectivity index (χ0) is 22.0. The number of piperazine rings is 1. The van der Waals surface area contributed by atoms with Gasteiger partial charge in [-0.2, -0.15) is 4.98 Å². The first-order valence-corrected chi connectivity index (χ1v) is 11.4. The summed E-state index contributed by atoms with van der Waals surface area (Å²) in [5.41, 5.74) is 2.17. The molecule has 0 radical (unpaired) electrons. The molecule has 168 valence electrons. The van der Waals surface area contributed by atoms with Crippen LogP contribution in [0, 0.1) is 0 Å². The maximum Gasteiger partial charge on any atom is 0.217 e. The second kappa shape index (κ2) is 9.05. The highest BCUT2D eigenvalue weighted by atomic mass is 16.5. The Morgan fingerprint density at radius 1 is 1.03 bits per heavy atom. The Labute approximate surface area is 186 Å². The van der Waals surface area contributed by atoms with Gasteiger partial charge in [0.1, 0.15) is 11.4 Å². The molecule has 1 aromatic heterocycles. The van der Waals surface area contributed by atoms with E-state index in [1.165, 1.54) is 5.56 Å². The average molecular weight is 425 g/mol. The predicted molar refractivity (Wildman–Crippen MR) is 126 cm³/mol. The molecule has 0 N–H and O–H groups in total. The maximum atomic E-state index is 6.26. The van der Waals surface area contributed by atoms with Crippen molar-refractivity contribution in [2.75, 3.05) is 56.2 Å². The Hall–Kier alpha value is -2.31. The van der Waals surface area contributed by atoms with E-state index in [9.17, 15) is 0 Å². The zero-order valence-electron chi connectivity index (χ0n) is 19.5. The van der Waals surface area contributed by atoms with E-state index in [0.717, 1.165) is 50.9 Å². The lowest BCUT2D eigenvalue weighted by molar-refractivity contribution is 0.0986. The lowest BCUT2D eigenvalue weighted by Gasteiger charge is -2.42. The van der Waals surface area contributed by atoms with Crippen LogP contribution in [0.5, 0.6) is 5.88 Å². The number of anilines is 2. The Balaban J connectivity index is 1.74. The first kappa shape index (κ1) is 21.9. The lowest BCUT2D eigenvalue weighted by Crippen LogP contribution is -2.47. The molecule has 2 fully saturated rings. The van der Waals surface area contributed by atoms with Crippen molar-refractivity contribution in [3.8, 4) is 5.88 Å². The molecule has 0 amide bonds. The predicted octanol–water partition coefficient (Wildman–Crippen LogP) is 3.98. The standard InChI is InChI=1S/C25H36N4O2/c1-19-18-30-14-13-28(19)21-15-23(26-24(16-21)31-25(2,3)4)29-12-11-27(5)17-22(29)20-9-7-6-8-10-20/h6-10,15-16,19,22H,11-14,17-18H2,1-5H3. The SMILES string of the molecule is CC1COCCN1c1cc(OC(C)(C)C)nc(N2CCN(C)CC2c2ccccc2)c1. The minimum absolute atomic E-state index is 0.257. The molecule has 2 unspecified atom stereocenters. The molecule has 4 rings (SSSR count). The number of benzene rings is 1. The molecule has 6 heteroatoms. The third-order valence-corrected chi connectivity index (χ3v) is 5.95. The molecule has 2 aliphatic heterocycles. The van der Waals surface area contributed by atoms with E-state index < -0.39 is 0 Å². The Bertz CT molecular complexity index is 868. The van der Waals surface area contributed by atoms with Crippen molar-refractivity contribution in [2.45, 2.75) is 45.4 Å². The van der Waals surface area contributed by atoms with Crippen LogP contribution in [0.1, 0.15) is 39.3 Å². The summed E-state index contributed by atoms with van der Waals surface area (Å²) in [4.78, 5) is 12.2. The first-order valence-electron chi connectivity index (χ1n) is 11.4. The van der Waals surface area contributed by atoms with Gasteiger partial charge in [-0.25, -0.2) is 0 Å². The van der Waals surface area contributed by atoms with Crippen molar-refractivity contribution in [3.05, 3.63) is 48.0 Å². The van der Waals surface area contributed by atoms with Crippen molar-refractivity contribution >= 4 is 11.5 Å². The average Bonchev–Trinajstić information content (AvgIpc) is 2.73. The molecule has 3 heterocycles. The van der Waals surface area contributed by atoms with Gasteiger partial charge in [0.05, 0.1) is 19.3 Å². The van der Waals surface area contributed by atoms with Crippen LogP contribution in [0.2, 0.25) is 0 Å². The van der Waals surface area contributed by atoms with Gasteiger partial charge in [-0.3, -0.25) is 0 Å². The summed E-state index contributed by atoms with van der Waals surface area (Å²) in [6.45, 7) is 13.7. The maximum absolute atomic E-state index is 6.26. The van der Waals surface area contributed by atoms with Gasteiger partial charge in [0.15, 0.2) is 0 Å². The molecular formula is C25H36N4O2. The Kier molecular flexibility index (Phi) is 6.39. The number of aromatic nitrogens is 1. The topological polar surface area (TPSA) is 41.1 Å². The summed E-state index contributed by atoms with van der Waals surface area (Å²) < 4.78 is 11.9. The molecule has 2 aliphatic rings. The first-order chi connectivity index (χ1) is 14.8. The second-order valence-corrected chi connectivity index (χ2v) is 9.74. The summed E-state index contributed by atoms with van der Waals surface area (Å²) in [6, 6.07) is 15.7. The smallest absolute Gasteiger partial charge is 0.217 e. The van der Waals surface area contributed by atoms with Crippen LogP contribution in [0.15, 0.2) is 42.5 Å². The van der Waals surface area contributed by atoms with E-state index in [2.05, 4.69) is 91.9 Å². The van der Waals surface area contributed by atoms with Crippen molar-refractivity contribution in [1.29, 1.82) is 0 Å². The van der Waals surface area contributed by atoms with Crippen LogP contribution in [0.4, 0.5) is 11.5 Å². The largest absolute Gasteiger partial charge is 0.472 e.